The number of carbonyl (C=O) groups is 1. The fourth-order valence-corrected chi connectivity index (χ4v) is 2.74. The van der Waals surface area contributed by atoms with Crippen molar-refractivity contribution < 1.29 is 22.4 Å². The van der Waals surface area contributed by atoms with Crippen LogP contribution in [0.3, 0.4) is 0 Å². The maximum atomic E-state index is 13.3. The molecule has 0 unspecified atom stereocenters. The number of urea groups is 1. The molecule has 0 aliphatic carbocycles. The van der Waals surface area contributed by atoms with Gasteiger partial charge in [0.2, 0.25) is 0 Å². The van der Waals surface area contributed by atoms with Gasteiger partial charge in [0, 0.05) is 19.4 Å². The Morgan fingerprint density at radius 2 is 1.79 bits per heavy atom. The number of anilines is 1. The molecule has 2 aromatic carbocycles. The van der Waals surface area contributed by atoms with E-state index >= 15 is 0 Å². The summed E-state index contributed by atoms with van der Waals surface area (Å²) in [6.45, 7) is 0. The van der Waals surface area contributed by atoms with Crippen LogP contribution in [0, 0.1) is 5.82 Å². The van der Waals surface area contributed by atoms with Crippen molar-refractivity contribution in [2.24, 2.45) is 7.05 Å². The molecule has 0 aliphatic rings. The predicted octanol–water partition coefficient (Wildman–Crippen LogP) is 4.49. The van der Waals surface area contributed by atoms with E-state index in [1.165, 1.54) is 42.6 Å². The molecule has 1 heterocycles. The number of nitrogens with one attached hydrogen (secondary N) is 2. The number of halogens is 4. The van der Waals surface area contributed by atoms with Crippen LogP contribution in [-0.2, 0) is 13.2 Å². The summed E-state index contributed by atoms with van der Waals surface area (Å²) in [4.78, 5) is 16.6. The molecule has 5 nitrogen and oxygen atoms in total. The second kappa shape index (κ2) is 7.71. The van der Waals surface area contributed by atoms with Crippen molar-refractivity contribution >= 4 is 11.7 Å². The normalized spacial score (nSPS) is 12.5. The molecule has 3 aromatic rings. The molecular weight excluding hydrogens is 376 g/mol. The van der Waals surface area contributed by atoms with E-state index in [0.717, 1.165) is 12.1 Å². The number of aromatic nitrogens is 2. The van der Waals surface area contributed by atoms with Crippen molar-refractivity contribution in [3.05, 3.63) is 83.7 Å². The summed E-state index contributed by atoms with van der Waals surface area (Å²) < 4.78 is 54.3. The Balaban J connectivity index is 1.87. The lowest BCUT2D eigenvalue weighted by Gasteiger charge is -2.20. The number of hydrogen-bond acceptors (Lipinski definition) is 2. The topological polar surface area (TPSA) is 59.0 Å². The van der Waals surface area contributed by atoms with E-state index in [1.807, 2.05) is 0 Å². The van der Waals surface area contributed by atoms with Crippen LogP contribution in [0.5, 0.6) is 0 Å². The zero-order valence-corrected chi connectivity index (χ0v) is 14.7. The van der Waals surface area contributed by atoms with Gasteiger partial charge in [0.25, 0.3) is 0 Å². The zero-order valence-electron chi connectivity index (χ0n) is 14.7. The highest BCUT2D eigenvalue weighted by atomic mass is 19.4. The molecule has 0 fully saturated rings. The summed E-state index contributed by atoms with van der Waals surface area (Å²) in [7, 11) is 1.71. The van der Waals surface area contributed by atoms with Crippen molar-refractivity contribution in [2.75, 3.05) is 5.32 Å². The number of para-hydroxylation sites is 1. The minimum atomic E-state index is -4.61. The molecule has 0 spiro atoms. The smallest absolute Gasteiger partial charge is 0.336 e. The van der Waals surface area contributed by atoms with Gasteiger partial charge in [-0.15, -0.1) is 0 Å². The van der Waals surface area contributed by atoms with E-state index in [4.69, 9.17) is 0 Å². The number of hydrogen-bond donors (Lipinski definition) is 2. The molecule has 2 amide bonds. The third kappa shape index (κ3) is 4.30. The second-order valence-corrected chi connectivity index (χ2v) is 6.02. The summed E-state index contributed by atoms with van der Waals surface area (Å²) in [5.74, 6) is -0.0169. The van der Waals surface area contributed by atoms with Crippen LogP contribution in [0.15, 0.2) is 60.9 Å². The quantitative estimate of drug-likeness (QED) is 0.643. The fraction of sp³-hybridized carbons (Fsp3) is 0.158. The van der Waals surface area contributed by atoms with Gasteiger partial charge in [-0.1, -0.05) is 24.3 Å². The van der Waals surface area contributed by atoms with Gasteiger partial charge in [0.05, 0.1) is 11.3 Å². The number of imidazole rings is 1. The number of amides is 2. The van der Waals surface area contributed by atoms with Gasteiger partial charge in [-0.25, -0.2) is 14.2 Å². The first-order chi connectivity index (χ1) is 13.3. The minimum absolute atomic E-state index is 0.370. The summed E-state index contributed by atoms with van der Waals surface area (Å²) in [5.41, 5.74) is -0.805. The van der Waals surface area contributed by atoms with Crippen molar-refractivity contribution in [2.45, 2.75) is 12.2 Å². The molecule has 2 N–H and O–H groups in total. The number of carbonyl (C=O) groups excluding carboxylic acids is 1. The Morgan fingerprint density at radius 3 is 2.39 bits per heavy atom. The number of rotatable bonds is 4. The van der Waals surface area contributed by atoms with Gasteiger partial charge in [-0.3, -0.25) is 0 Å². The molecule has 146 valence electrons. The molecule has 0 radical (unpaired) electrons. The highest BCUT2D eigenvalue weighted by molar-refractivity contribution is 5.90. The monoisotopic (exact) mass is 392 g/mol. The lowest BCUT2D eigenvalue weighted by atomic mass is 10.1. The molecule has 9 heteroatoms. The van der Waals surface area contributed by atoms with Crippen LogP contribution in [0.4, 0.5) is 28.0 Å². The first-order valence-corrected chi connectivity index (χ1v) is 8.22. The summed E-state index contributed by atoms with van der Waals surface area (Å²) in [6.07, 6.45) is -1.44. The molecule has 0 saturated carbocycles. The van der Waals surface area contributed by atoms with Gasteiger partial charge >= 0.3 is 12.2 Å². The van der Waals surface area contributed by atoms with E-state index < -0.39 is 29.6 Å². The zero-order chi connectivity index (χ0) is 20.3. The molecule has 0 saturated heterocycles. The molecule has 1 aromatic heterocycles. The van der Waals surface area contributed by atoms with E-state index in [1.54, 1.807) is 17.8 Å². The molecule has 0 bridgehead atoms. The highest BCUT2D eigenvalue weighted by Crippen LogP contribution is 2.34. The second-order valence-electron chi connectivity index (χ2n) is 6.02. The standard InChI is InChI=1S/C19H16F4N4O/c1-27-11-10-24-17(27)16(12-6-8-13(20)9-7-12)26-18(28)25-15-5-3-2-4-14(15)19(21,22)23/h2-11,16H,1H3,(H2,25,26,28)/t16-/m1/s1. The van der Waals surface area contributed by atoms with Gasteiger partial charge in [-0.2, -0.15) is 13.2 Å². The molecule has 3 rings (SSSR count). The van der Waals surface area contributed by atoms with Crippen molar-refractivity contribution in [3.8, 4) is 0 Å². The fourth-order valence-electron chi connectivity index (χ4n) is 2.74. The summed E-state index contributed by atoms with van der Waals surface area (Å²) >= 11 is 0. The first kappa shape index (κ1) is 19.4. The van der Waals surface area contributed by atoms with E-state index in [2.05, 4.69) is 15.6 Å². The Kier molecular flexibility index (Phi) is 5.34. The van der Waals surface area contributed by atoms with Crippen LogP contribution < -0.4 is 10.6 Å². The molecule has 0 aliphatic heterocycles. The van der Waals surface area contributed by atoms with E-state index in [0.29, 0.717) is 11.4 Å². The average molecular weight is 392 g/mol. The Labute approximate surface area is 158 Å². The van der Waals surface area contributed by atoms with E-state index in [-0.39, 0.29) is 5.69 Å². The lowest BCUT2D eigenvalue weighted by molar-refractivity contribution is -0.136. The molecule has 28 heavy (non-hydrogen) atoms. The number of nitrogens with zero attached hydrogens (tertiary/aromatic N) is 2. The first-order valence-electron chi connectivity index (χ1n) is 8.22. The van der Waals surface area contributed by atoms with Gasteiger partial charge in [-0.05, 0) is 29.8 Å². The van der Waals surface area contributed by atoms with Crippen LogP contribution in [0.25, 0.3) is 0 Å². The number of alkyl halides is 3. The van der Waals surface area contributed by atoms with Crippen molar-refractivity contribution in [1.29, 1.82) is 0 Å². The van der Waals surface area contributed by atoms with Crippen molar-refractivity contribution in [3.63, 3.8) is 0 Å². The van der Waals surface area contributed by atoms with Gasteiger partial charge < -0.3 is 15.2 Å². The van der Waals surface area contributed by atoms with Gasteiger partial charge in [0.15, 0.2) is 0 Å². The predicted molar refractivity (Wildman–Crippen MR) is 95.0 cm³/mol. The van der Waals surface area contributed by atoms with E-state index in [9.17, 15) is 22.4 Å². The highest BCUT2D eigenvalue weighted by Gasteiger charge is 2.33. The SMILES string of the molecule is Cn1ccnc1[C@H](NC(=O)Nc1ccccc1C(F)(F)F)c1ccc(F)cc1. The largest absolute Gasteiger partial charge is 0.418 e. The third-order valence-corrected chi connectivity index (χ3v) is 4.08. The number of aryl methyl sites for hydroxylation is 1. The average Bonchev–Trinajstić information content (AvgIpc) is 3.06. The van der Waals surface area contributed by atoms with Crippen LogP contribution in [-0.4, -0.2) is 15.6 Å². The summed E-state index contributed by atoms with van der Waals surface area (Å²) in [6, 6.07) is 8.42. The van der Waals surface area contributed by atoms with Gasteiger partial charge in [0.1, 0.15) is 17.7 Å². The van der Waals surface area contributed by atoms with Crippen LogP contribution >= 0.6 is 0 Å². The maximum absolute atomic E-state index is 13.3. The Bertz CT molecular complexity index is 967. The minimum Gasteiger partial charge on any atom is -0.336 e. The lowest BCUT2D eigenvalue weighted by Crippen LogP contribution is -2.35. The molecule has 1 atom stereocenters. The Hall–Kier alpha value is -3.36. The van der Waals surface area contributed by atoms with Crippen LogP contribution in [0.2, 0.25) is 0 Å². The third-order valence-electron chi connectivity index (χ3n) is 4.08. The maximum Gasteiger partial charge on any atom is 0.418 e. The van der Waals surface area contributed by atoms with Crippen molar-refractivity contribution in [1.82, 2.24) is 14.9 Å². The number of benzene rings is 2. The molecular formula is C19H16F4N4O. The van der Waals surface area contributed by atoms with Crippen LogP contribution in [0.1, 0.15) is 23.0 Å². The Morgan fingerprint density at radius 1 is 1.11 bits per heavy atom. The summed E-state index contributed by atoms with van der Waals surface area (Å²) in [5, 5.41) is 4.83.